The summed E-state index contributed by atoms with van der Waals surface area (Å²) in [6.45, 7) is 5.16. The number of fused-ring (bicyclic) bond motifs is 2. The summed E-state index contributed by atoms with van der Waals surface area (Å²) in [5.41, 5.74) is 1.04. The SMILES string of the molecule is CCOC(=O)C1CC2=CC(C=CS2)C2(CCN(Cc3ccccc3)CC2)O1. The molecule has 5 heteroatoms. The van der Waals surface area contributed by atoms with Crippen LogP contribution in [0.1, 0.15) is 31.7 Å². The van der Waals surface area contributed by atoms with Crippen LogP contribution in [0.25, 0.3) is 0 Å². The van der Waals surface area contributed by atoms with Crippen LogP contribution in [0.15, 0.2) is 52.8 Å². The van der Waals surface area contributed by atoms with E-state index in [9.17, 15) is 4.79 Å². The third kappa shape index (κ3) is 4.15. The summed E-state index contributed by atoms with van der Waals surface area (Å²) < 4.78 is 11.8. The second-order valence-electron chi connectivity index (χ2n) is 7.49. The molecule has 1 saturated heterocycles. The minimum Gasteiger partial charge on any atom is -0.464 e. The van der Waals surface area contributed by atoms with E-state index in [1.54, 1.807) is 11.8 Å². The summed E-state index contributed by atoms with van der Waals surface area (Å²) in [4.78, 5) is 16.2. The Labute approximate surface area is 165 Å². The van der Waals surface area contributed by atoms with Gasteiger partial charge in [-0.3, -0.25) is 4.90 Å². The van der Waals surface area contributed by atoms with E-state index in [2.05, 4.69) is 52.8 Å². The quantitative estimate of drug-likeness (QED) is 0.729. The molecule has 1 aromatic rings. The first-order valence-corrected chi connectivity index (χ1v) is 10.7. The van der Waals surface area contributed by atoms with Gasteiger partial charge < -0.3 is 9.47 Å². The summed E-state index contributed by atoms with van der Waals surface area (Å²) in [7, 11) is 0. The van der Waals surface area contributed by atoms with Gasteiger partial charge in [-0.1, -0.05) is 42.5 Å². The maximum absolute atomic E-state index is 12.5. The fraction of sp³-hybridized carbons (Fsp3) is 0.500. The lowest BCUT2D eigenvalue weighted by molar-refractivity contribution is -0.179. The van der Waals surface area contributed by atoms with Gasteiger partial charge in [0, 0.05) is 32.0 Å². The lowest BCUT2D eigenvalue weighted by Crippen LogP contribution is -2.51. The predicted octanol–water partition coefficient (Wildman–Crippen LogP) is 4.13. The van der Waals surface area contributed by atoms with Crippen LogP contribution in [0.3, 0.4) is 0 Å². The van der Waals surface area contributed by atoms with Crippen LogP contribution in [0.5, 0.6) is 0 Å². The number of benzene rings is 1. The number of hydrogen-bond acceptors (Lipinski definition) is 5. The molecular formula is C22H27NO3S. The molecule has 2 bridgehead atoms. The van der Waals surface area contributed by atoms with Crippen molar-refractivity contribution in [1.29, 1.82) is 0 Å². The van der Waals surface area contributed by atoms with E-state index in [0.717, 1.165) is 32.5 Å². The van der Waals surface area contributed by atoms with Gasteiger partial charge in [0.25, 0.3) is 0 Å². The number of piperidine rings is 1. The molecule has 2 atom stereocenters. The van der Waals surface area contributed by atoms with E-state index in [-0.39, 0.29) is 17.5 Å². The number of ether oxygens (including phenoxy) is 2. The number of rotatable bonds is 4. The Morgan fingerprint density at radius 1 is 1.30 bits per heavy atom. The Bertz CT molecular complexity index is 722. The van der Waals surface area contributed by atoms with Crippen LogP contribution in [-0.4, -0.2) is 42.3 Å². The van der Waals surface area contributed by atoms with Crippen molar-refractivity contribution < 1.29 is 14.3 Å². The molecule has 0 aliphatic carbocycles. The monoisotopic (exact) mass is 385 g/mol. The van der Waals surface area contributed by atoms with Gasteiger partial charge in [0.1, 0.15) is 0 Å². The summed E-state index contributed by atoms with van der Waals surface area (Å²) in [5.74, 6) is 0.0182. The number of carbonyl (C=O) groups excluding carboxylic acids is 1. The van der Waals surface area contributed by atoms with Gasteiger partial charge >= 0.3 is 5.97 Å². The minimum absolute atomic E-state index is 0.224. The molecule has 1 fully saturated rings. The number of carbonyl (C=O) groups is 1. The molecule has 1 aromatic carbocycles. The predicted molar refractivity (Wildman–Crippen MR) is 108 cm³/mol. The average molecular weight is 386 g/mol. The normalized spacial score (nSPS) is 27.1. The van der Waals surface area contributed by atoms with E-state index >= 15 is 0 Å². The zero-order chi connectivity index (χ0) is 18.7. The molecule has 0 saturated carbocycles. The summed E-state index contributed by atoms with van der Waals surface area (Å²) in [6, 6.07) is 10.6. The molecular weight excluding hydrogens is 358 g/mol. The summed E-state index contributed by atoms with van der Waals surface area (Å²) >= 11 is 1.70. The third-order valence-electron chi connectivity index (χ3n) is 5.74. The molecule has 0 amide bonds. The number of esters is 1. The molecule has 0 radical (unpaired) electrons. The standard InChI is InChI=1S/C22H27NO3S/c1-2-25-21(24)20-15-19-14-18(8-13-27-19)22(26-20)9-11-23(12-10-22)16-17-6-4-3-5-7-17/h3-8,13-14,18,20H,2,9-12,15-16H2,1H3. The van der Waals surface area contributed by atoms with Crippen LogP contribution < -0.4 is 0 Å². The van der Waals surface area contributed by atoms with Gasteiger partial charge in [-0.25, -0.2) is 4.79 Å². The zero-order valence-corrected chi connectivity index (χ0v) is 16.6. The maximum Gasteiger partial charge on any atom is 0.335 e. The fourth-order valence-electron chi connectivity index (χ4n) is 4.29. The van der Waals surface area contributed by atoms with Gasteiger partial charge in [0.15, 0.2) is 6.10 Å². The highest BCUT2D eigenvalue weighted by Crippen LogP contribution is 2.45. The molecule has 144 valence electrons. The highest BCUT2D eigenvalue weighted by atomic mass is 32.2. The molecule has 2 unspecified atom stereocenters. The van der Waals surface area contributed by atoms with Crippen LogP contribution >= 0.6 is 11.8 Å². The lowest BCUT2D eigenvalue weighted by Gasteiger charge is -2.45. The number of likely N-dealkylation sites (tertiary alicyclic amines) is 1. The number of nitrogens with zero attached hydrogens (tertiary/aromatic N) is 1. The average Bonchev–Trinajstić information content (AvgIpc) is 2.79. The van der Waals surface area contributed by atoms with Crippen LogP contribution in [0.2, 0.25) is 0 Å². The first-order valence-electron chi connectivity index (χ1n) is 9.83. The van der Waals surface area contributed by atoms with Crippen LogP contribution in [0, 0.1) is 5.92 Å². The van der Waals surface area contributed by atoms with Crippen molar-refractivity contribution in [2.75, 3.05) is 19.7 Å². The fourth-order valence-corrected chi connectivity index (χ4v) is 5.18. The Hall–Kier alpha value is -1.56. The lowest BCUT2D eigenvalue weighted by atomic mass is 9.79. The third-order valence-corrected chi connectivity index (χ3v) is 6.64. The highest BCUT2D eigenvalue weighted by Gasteiger charge is 2.46. The second kappa shape index (κ2) is 8.21. The van der Waals surface area contributed by atoms with Gasteiger partial charge in [-0.2, -0.15) is 0 Å². The Morgan fingerprint density at radius 3 is 2.81 bits per heavy atom. The van der Waals surface area contributed by atoms with E-state index in [1.807, 2.05) is 6.92 Å². The number of hydrogen-bond donors (Lipinski definition) is 0. The van der Waals surface area contributed by atoms with Crippen molar-refractivity contribution in [1.82, 2.24) is 4.90 Å². The van der Waals surface area contributed by atoms with Crippen molar-refractivity contribution in [3.8, 4) is 0 Å². The van der Waals surface area contributed by atoms with Gasteiger partial charge in [0.05, 0.1) is 12.2 Å². The topological polar surface area (TPSA) is 38.8 Å². The van der Waals surface area contributed by atoms with Crippen LogP contribution in [-0.2, 0) is 20.8 Å². The first kappa shape index (κ1) is 18.8. The molecule has 3 aliphatic rings. The second-order valence-corrected chi connectivity index (χ2v) is 8.53. The Kier molecular flexibility index (Phi) is 5.71. The molecule has 4 nitrogen and oxygen atoms in total. The Morgan fingerprint density at radius 2 is 2.07 bits per heavy atom. The summed E-state index contributed by atoms with van der Waals surface area (Å²) in [5, 5.41) is 2.16. The van der Waals surface area contributed by atoms with Crippen LogP contribution in [0.4, 0.5) is 0 Å². The maximum atomic E-state index is 12.5. The van der Waals surface area contributed by atoms with Crippen molar-refractivity contribution in [3.05, 3.63) is 58.4 Å². The zero-order valence-electron chi connectivity index (χ0n) is 15.8. The molecule has 3 aliphatic heterocycles. The van der Waals surface area contributed by atoms with Crippen molar-refractivity contribution in [2.45, 2.75) is 44.4 Å². The van der Waals surface area contributed by atoms with Gasteiger partial charge in [-0.05, 0) is 35.6 Å². The van der Waals surface area contributed by atoms with E-state index < -0.39 is 6.10 Å². The molecule has 1 spiro atoms. The minimum atomic E-state index is -0.491. The Balaban J connectivity index is 1.48. The number of thioether (sulfide) groups is 1. The van der Waals surface area contributed by atoms with Gasteiger partial charge in [-0.15, -0.1) is 11.8 Å². The van der Waals surface area contributed by atoms with E-state index in [4.69, 9.17) is 9.47 Å². The molecule has 3 heterocycles. The molecule has 4 rings (SSSR count). The highest BCUT2D eigenvalue weighted by molar-refractivity contribution is 8.05. The van der Waals surface area contributed by atoms with Crippen molar-refractivity contribution in [3.63, 3.8) is 0 Å². The van der Waals surface area contributed by atoms with E-state index in [0.29, 0.717) is 13.0 Å². The molecule has 0 N–H and O–H groups in total. The largest absolute Gasteiger partial charge is 0.464 e. The van der Waals surface area contributed by atoms with E-state index in [1.165, 1.54) is 10.5 Å². The summed E-state index contributed by atoms with van der Waals surface area (Å²) in [6.07, 6.45) is 6.55. The van der Waals surface area contributed by atoms with Crippen molar-refractivity contribution >= 4 is 17.7 Å². The van der Waals surface area contributed by atoms with Gasteiger partial charge in [0.2, 0.25) is 0 Å². The molecule has 0 aromatic heterocycles. The molecule has 27 heavy (non-hydrogen) atoms. The smallest absolute Gasteiger partial charge is 0.335 e. The van der Waals surface area contributed by atoms with Crippen molar-refractivity contribution in [2.24, 2.45) is 5.92 Å². The first-order chi connectivity index (χ1) is 13.2.